The Kier molecular flexibility index (Phi) is 5.50. The van der Waals surface area contributed by atoms with Crippen LogP contribution in [0, 0.1) is 5.92 Å². The molecule has 1 aromatic rings. The van der Waals surface area contributed by atoms with Crippen LogP contribution < -0.4 is 10.2 Å². The second-order valence-corrected chi connectivity index (χ2v) is 6.82. The summed E-state index contributed by atoms with van der Waals surface area (Å²) in [5, 5.41) is 3.04. The number of hydrogen-bond donors (Lipinski definition) is 1. The molecule has 2 fully saturated rings. The number of rotatable bonds is 5. The summed E-state index contributed by atoms with van der Waals surface area (Å²) in [6.07, 6.45) is 9.83. The van der Waals surface area contributed by atoms with E-state index in [0.29, 0.717) is 19.4 Å². The molecule has 1 aromatic heterocycles. The Hall–Kier alpha value is -2.18. The van der Waals surface area contributed by atoms with Crippen molar-refractivity contribution in [3.05, 3.63) is 18.6 Å². The van der Waals surface area contributed by atoms with Crippen molar-refractivity contribution >= 4 is 17.7 Å². The van der Waals surface area contributed by atoms with Gasteiger partial charge in [0.1, 0.15) is 11.4 Å². The molecule has 7 nitrogen and oxygen atoms in total. The first-order valence-electron chi connectivity index (χ1n) is 9.15. The topological polar surface area (TPSA) is 84.4 Å². The molecule has 136 valence electrons. The molecule has 0 radical (unpaired) electrons. The zero-order valence-corrected chi connectivity index (χ0v) is 14.7. The average Bonchev–Trinajstić information content (AvgIpc) is 3.12. The third-order valence-electron chi connectivity index (χ3n) is 5.23. The lowest BCUT2D eigenvalue weighted by Crippen LogP contribution is -2.55. The van der Waals surface area contributed by atoms with Crippen LogP contribution >= 0.6 is 0 Å². The summed E-state index contributed by atoms with van der Waals surface area (Å²) in [5.41, 5.74) is -0.810. The lowest BCUT2D eigenvalue weighted by molar-refractivity contribution is -0.153. The van der Waals surface area contributed by atoms with Crippen LogP contribution in [0.4, 0.5) is 5.82 Å². The maximum atomic E-state index is 12.7. The molecule has 0 bridgehead atoms. The summed E-state index contributed by atoms with van der Waals surface area (Å²) in [6, 6.07) is 0. The molecule has 1 N–H and O–H groups in total. The van der Waals surface area contributed by atoms with E-state index < -0.39 is 5.54 Å². The fourth-order valence-corrected chi connectivity index (χ4v) is 3.79. The number of ether oxygens (including phenoxy) is 1. The molecule has 1 saturated heterocycles. The minimum atomic E-state index is -0.810. The first-order chi connectivity index (χ1) is 12.1. The van der Waals surface area contributed by atoms with E-state index in [1.807, 2.05) is 0 Å². The minimum Gasteiger partial charge on any atom is -0.464 e. The summed E-state index contributed by atoms with van der Waals surface area (Å²) in [4.78, 5) is 35.7. The Morgan fingerprint density at radius 2 is 2.00 bits per heavy atom. The number of hydrogen-bond acceptors (Lipinski definition) is 6. The molecule has 7 heteroatoms. The van der Waals surface area contributed by atoms with Crippen molar-refractivity contribution < 1.29 is 14.3 Å². The van der Waals surface area contributed by atoms with Gasteiger partial charge in [0.15, 0.2) is 0 Å². The number of piperidine rings is 1. The van der Waals surface area contributed by atoms with Crippen LogP contribution in [0.3, 0.4) is 0 Å². The highest BCUT2D eigenvalue weighted by molar-refractivity contribution is 5.89. The molecule has 1 aliphatic carbocycles. The largest absolute Gasteiger partial charge is 0.464 e. The molecule has 2 heterocycles. The van der Waals surface area contributed by atoms with E-state index in [0.717, 1.165) is 44.6 Å². The molecule has 0 atom stereocenters. The number of carbonyl (C=O) groups excluding carboxylic acids is 2. The molecule has 1 amide bonds. The van der Waals surface area contributed by atoms with Gasteiger partial charge < -0.3 is 15.0 Å². The number of amides is 1. The number of nitrogens with one attached hydrogen (secondary N) is 1. The first kappa shape index (κ1) is 17.6. The van der Waals surface area contributed by atoms with Gasteiger partial charge in [-0.25, -0.2) is 9.78 Å². The maximum absolute atomic E-state index is 12.7. The normalized spacial score (nSPS) is 20.3. The first-order valence-corrected chi connectivity index (χ1v) is 9.15. The molecule has 1 aliphatic heterocycles. The Bertz CT molecular complexity index is 594. The Balaban J connectivity index is 1.58. The van der Waals surface area contributed by atoms with E-state index in [4.69, 9.17) is 4.74 Å². The standard InChI is InChI=1S/C18H26N4O3/c1-2-25-17(24)18(7-3-4-8-18)21-16(23)14-5-11-22(12-6-14)15-13-19-9-10-20-15/h9-10,13-14H,2-8,11-12H2,1H3,(H,21,23). The van der Waals surface area contributed by atoms with Gasteiger partial charge in [-0.05, 0) is 32.6 Å². The lowest BCUT2D eigenvalue weighted by atomic mass is 9.92. The number of nitrogens with zero attached hydrogens (tertiary/aromatic N) is 3. The van der Waals surface area contributed by atoms with E-state index in [1.54, 1.807) is 25.5 Å². The molecular formula is C18H26N4O3. The Labute approximate surface area is 148 Å². The van der Waals surface area contributed by atoms with Gasteiger partial charge >= 0.3 is 5.97 Å². The number of aromatic nitrogens is 2. The average molecular weight is 346 g/mol. The van der Waals surface area contributed by atoms with Crippen LogP contribution in [0.15, 0.2) is 18.6 Å². The van der Waals surface area contributed by atoms with Crippen molar-refractivity contribution in [2.75, 3.05) is 24.6 Å². The number of esters is 1. The highest BCUT2D eigenvalue weighted by atomic mass is 16.5. The van der Waals surface area contributed by atoms with Crippen molar-refractivity contribution in [2.45, 2.75) is 51.0 Å². The van der Waals surface area contributed by atoms with E-state index in [2.05, 4.69) is 20.2 Å². The van der Waals surface area contributed by atoms with Gasteiger partial charge in [0.05, 0.1) is 12.8 Å². The predicted molar refractivity (Wildman–Crippen MR) is 92.9 cm³/mol. The second kappa shape index (κ2) is 7.80. The molecular weight excluding hydrogens is 320 g/mol. The molecule has 0 unspecified atom stereocenters. The Morgan fingerprint density at radius 1 is 1.28 bits per heavy atom. The van der Waals surface area contributed by atoms with E-state index in [-0.39, 0.29) is 17.8 Å². The van der Waals surface area contributed by atoms with Crippen molar-refractivity contribution in [3.8, 4) is 0 Å². The van der Waals surface area contributed by atoms with Gasteiger partial charge in [-0.15, -0.1) is 0 Å². The van der Waals surface area contributed by atoms with Crippen molar-refractivity contribution in [2.24, 2.45) is 5.92 Å². The summed E-state index contributed by atoms with van der Waals surface area (Å²) >= 11 is 0. The van der Waals surface area contributed by atoms with E-state index >= 15 is 0 Å². The maximum Gasteiger partial charge on any atom is 0.331 e. The molecule has 0 spiro atoms. The van der Waals surface area contributed by atoms with Crippen molar-refractivity contribution in [1.29, 1.82) is 0 Å². The van der Waals surface area contributed by atoms with Gasteiger partial charge in [0, 0.05) is 31.4 Å². The number of carbonyl (C=O) groups is 2. The summed E-state index contributed by atoms with van der Waals surface area (Å²) in [6.45, 7) is 3.67. The molecule has 3 rings (SSSR count). The summed E-state index contributed by atoms with van der Waals surface area (Å²) < 4.78 is 5.22. The van der Waals surface area contributed by atoms with Crippen LogP contribution in [0.2, 0.25) is 0 Å². The van der Waals surface area contributed by atoms with Gasteiger partial charge in [-0.2, -0.15) is 0 Å². The highest BCUT2D eigenvalue weighted by Crippen LogP contribution is 2.32. The highest BCUT2D eigenvalue weighted by Gasteiger charge is 2.45. The van der Waals surface area contributed by atoms with Gasteiger partial charge in [-0.1, -0.05) is 12.8 Å². The second-order valence-electron chi connectivity index (χ2n) is 6.82. The quantitative estimate of drug-likeness (QED) is 0.817. The third kappa shape index (κ3) is 3.91. The van der Waals surface area contributed by atoms with Crippen molar-refractivity contribution in [3.63, 3.8) is 0 Å². The van der Waals surface area contributed by atoms with Crippen molar-refractivity contribution in [1.82, 2.24) is 15.3 Å². The zero-order chi connectivity index (χ0) is 17.7. The zero-order valence-electron chi connectivity index (χ0n) is 14.7. The van der Waals surface area contributed by atoms with Crippen LogP contribution in [0.25, 0.3) is 0 Å². The van der Waals surface area contributed by atoms with E-state index in [1.165, 1.54) is 0 Å². The van der Waals surface area contributed by atoms with E-state index in [9.17, 15) is 9.59 Å². The molecule has 0 aromatic carbocycles. The predicted octanol–water partition coefficient (Wildman–Crippen LogP) is 1.69. The minimum absolute atomic E-state index is 0.0197. The number of anilines is 1. The third-order valence-corrected chi connectivity index (χ3v) is 5.23. The van der Waals surface area contributed by atoms with Crippen LogP contribution in [-0.4, -0.2) is 47.1 Å². The van der Waals surface area contributed by atoms with Gasteiger partial charge in [0.25, 0.3) is 0 Å². The van der Waals surface area contributed by atoms with Crippen LogP contribution in [0.5, 0.6) is 0 Å². The molecule has 2 aliphatic rings. The summed E-state index contributed by atoms with van der Waals surface area (Å²) in [7, 11) is 0. The SMILES string of the molecule is CCOC(=O)C1(NC(=O)C2CCN(c3cnccn3)CC2)CCCC1. The Morgan fingerprint density at radius 3 is 2.60 bits per heavy atom. The molecule has 1 saturated carbocycles. The summed E-state index contributed by atoms with van der Waals surface area (Å²) in [5.74, 6) is 0.478. The lowest BCUT2D eigenvalue weighted by Gasteiger charge is -2.34. The fraction of sp³-hybridized carbons (Fsp3) is 0.667. The smallest absolute Gasteiger partial charge is 0.331 e. The van der Waals surface area contributed by atoms with Gasteiger partial charge in [-0.3, -0.25) is 9.78 Å². The van der Waals surface area contributed by atoms with Crippen LogP contribution in [-0.2, 0) is 14.3 Å². The fourth-order valence-electron chi connectivity index (χ4n) is 3.79. The monoisotopic (exact) mass is 346 g/mol. The van der Waals surface area contributed by atoms with Gasteiger partial charge in [0.2, 0.25) is 5.91 Å². The van der Waals surface area contributed by atoms with Crippen LogP contribution in [0.1, 0.15) is 45.4 Å². The molecule has 25 heavy (non-hydrogen) atoms.